The molecule has 1 aliphatic rings. The molecule has 1 aromatic heterocycles. The molecule has 1 saturated heterocycles. The largest absolute Gasteiger partial charge is 0.418 e. The number of ether oxygens (including phenoxy) is 2. The minimum atomic E-state index is -1.24. The SMILES string of the molecule is CC(C)(C)C1(C)OC(=O)C(=Cc2cccs2)C(=O)O1. The van der Waals surface area contributed by atoms with Gasteiger partial charge in [0.1, 0.15) is 5.57 Å². The maximum absolute atomic E-state index is 12.0. The lowest BCUT2D eigenvalue weighted by atomic mass is 9.86. The summed E-state index contributed by atoms with van der Waals surface area (Å²) in [5.74, 6) is -2.52. The molecule has 19 heavy (non-hydrogen) atoms. The lowest BCUT2D eigenvalue weighted by molar-refractivity contribution is -0.261. The highest BCUT2D eigenvalue weighted by Gasteiger charge is 2.50. The molecule has 0 unspecified atom stereocenters. The monoisotopic (exact) mass is 280 g/mol. The molecule has 2 rings (SSSR count). The molecule has 0 amide bonds. The molecular weight excluding hydrogens is 264 g/mol. The van der Waals surface area contributed by atoms with E-state index in [4.69, 9.17) is 9.47 Å². The first-order chi connectivity index (χ1) is 8.73. The van der Waals surface area contributed by atoms with Gasteiger partial charge in [0.15, 0.2) is 0 Å². The van der Waals surface area contributed by atoms with Gasteiger partial charge in [0.05, 0.1) is 0 Å². The van der Waals surface area contributed by atoms with Crippen LogP contribution in [-0.2, 0) is 19.1 Å². The number of hydrogen-bond donors (Lipinski definition) is 0. The fourth-order valence-electron chi connectivity index (χ4n) is 1.51. The van der Waals surface area contributed by atoms with Crippen LogP contribution in [0.1, 0.15) is 32.6 Å². The summed E-state index contributed by atoms with van der Waals surface area (Å²) in [6.07, 6.45) is 1.50. The van der Waals surface area contributed by atoms with Crippen molar-refractivity contribution in [1.29, 1.82) is 0 Å². The van der Waals surface area contributed by atoms with Crippen molar-refractivity contribution in [1.82, 2.24) is 0 Å². The van der Waals surface area contributed by atoms with Gasteiger partial charge in [-0.25, -0.2) is 9.59 Å². The minimum absolute atomic E-state index is 0.0656. The highest BCUT2D eigenvalue weighted by Crippen LogP contribution is 2.39. The predicted octanol–water partition coefficient (Wildman–Crippen LogP) is 2.99. The summed E-state index contributed by atoms with van der Waals surface area (Å²) in [6.45, 7) is 7.15. The normalized spacial score (nSPS) is 23.9. The first kappa shape index (κ1) is 13.8. The molecule has 5 heteroatoms. The van der Waals surface area contributed by atoms with Gasteiger partial charge >= 0.3 is 11.9 Å². The van der Waals surface area contributed by atoms with Crippen LogP contribution in [0.5, 0.6) is 0 Å². The van der Waals surface area contributed by atoms with Gasteiger partial charge in [-0.3, -0.25) is 0 Å². The number of thiophene rings is 1. The number of carbonyl (C=O) groups excluding carboxylic acids is 2. The summed E-state index contributed by atoms with van der Waals surface area (Å²) in [4.78, 5) is 24.8. The number of carbonyl (C=O) groups is 2. The zero-order valence-corrected chi connectivity index (χ0v) is 12.2. The molecule has 2 heterocycles. The molecule has 0 aromatic carbocycles. The van der Waals surface area contributed by atoms with Gasteiger partial charge < -0.3 is 9.47 Å². The lowest BCUT2D eigenvalue weighted by Gasteiger charge is -2.42. The van der Waals surface area contributed by atoms with E-state index in [0.29, 0.717) is 0 Å². The third-order valence-electron chi connectivity index (χ3n) is 3.21. The van der Waals surface area contributed by atoms with Gasteiger partial charge in [0, 0.05) is 17.2 Å². The fraction of sp³-hybridized carbons (Fsp3) is 0.429. The van der Waals surface area contributed by atoms with E-state index >= 15 is 0 Å². The quantitative estimate of drug-likeness (QED) is 0.451. The van der Waals surface area contributed by atoms with E-state index in [-0.39, 0.29) is 5.57 Å². The van der Waals surface area contributed by atoms with E-state index in [1.165, 1.54) is 17.4 Å². The van der Waals surface area contributed by atoms with Gasteiger partial charge in [-0.15, -0.1) is 11.3 Å². The standard InChI is InChI=1S/C14H16O4S/c1-13(2,3)14(4)17-11(15)10(12(16)18-14)8-9-6-5-7-19-9/h5-8H,1-4H3. The molecule has 0 saturated carbocycles. The van der Waals surface area contributed by atoms with Gasteiger partial charge in [-0.1, -0.05) is 26.8 Å². The van der Waals surface area contributed by atoms with Crippen LogP contribution in [0.15, 0.2) is 23.1 Å². The van der Waals surface area contributed by atoms with Crippen LogP contribution in [0.25, 0.3) is 6.08 Å². The van der Waals surface area contributed by atoms with Crippen LogP contribution in [0.4, 0.5) is 0 Å². The minimum Gasteiger partial charge on any atom is -0.418 e. The first-order valence-corrected chi connectivity index (χ1v) is 6.83. The zero-order chi connectivity index (χ0) is 14.3. The molecule has 1 aliphatic heterocycles. The highest BCUT2D eigenvalue weighted by atomic mass is 32.1. The van der Waals surface area contributed by atoms with E-state index in [9.17, 15) is 9.59 Å². The summed E-state index contributed by atoms with van der Waals surface area (Å²) in [7, 11) is 0. The molecule has 1 aromatic rings. The number of esters is 2. The molecule has 0 atom stereocenters. The van der Waals surface area contributed by atoms with Crippen LogP contribution in [-0.4, -0.2) is 17.7 Å². The van der Waals surface area contributed by atoms with Crippen molar-refractivity contribution in [3.05, 3.63) is 28.0 Å². The van der Waals surface area contributed by atoms with Crippen LogP contribution < -0.4 is 0 Å². The highest BCUT2D eigenvalue weighted by molar-refractivity contribution is 7.10. The van der Waals surface area contributed by atoms with Crippen LogP contribution in [0.3, 0.4) is 0 Å². The third kappa shape index (κ3) is 2.56. The molecule has 0 spiro atoms. The second-order valence-corrected chi connectivity index (χ2v) is 6.53. The second kappa shape index (κ2) is 4.49. The van der Waals surface area contributed by atoms with Crippen molar-refractivity contribution in [3.63, 3.8) is 0 Å². The van der Waals surface area contributed by atoms with E-state index in [2.05, 4.69) is 0 Å². The van der Waals surface area contributed by atoms with Crippen molar-refractivity contribution >= 4 is 29.4 Å². The van der Waals surface area contributed by atoms with E-state index in [1.54, 1.807) is 6.92 Å². The van der Waals surface area contributed by atoms with E-state index in [1.807, 2.05) is 38.3 Å². The van der Waals surface area contributed by atoms with Crippen LogP contribution in [0, 0.1) is 5.41 Å². The predicted molar refractivity (Wildman–Crippen MR) is 72.3 cm³/mol. The van der Waals surface area contributed by atoms with Crippen molar-refractivity contribution < 1.29 is 19.1 Å². The van der Waals surface area contributed by atoms with Crippen molar-refractivity contribution in [2.45, 2.75) is 33.5 Å². The molecular formula is C14H16O4S. The summed E-state index contributed by atoms with van der Waals surface area (Å²) in [5, 5.41) is 1.87. The molecule has 0 radical (unpaired) electrons. The second-order valence-electron chi connectivity index (χ2n) is 5.55. The number of rotatable bonds is 1. The molecule has 4 nitrogen and oxygen atoms in total. The molecule has 0 aliphatic carbocycles. The molecule has 0 N–H and O–H groups in total. The van der Waals surface area contributed by atoms with Crippen molar-refractivity contribution in [2.75, 3.05) is 0 Å². The van der Waals surface area contributed by atoms with Gasteiger partial charge in [-0.2, -0.15) is 0 Å². The Bertz CT molecular complexity index is 514. The molecule has 1 fully saturated rings. The Labute approximate surface area is 116 Å². The van der Waals surface area contributed by atoms with Crippen molar-refractivity contribution in [3.8, 4) is 0 Å². The Morgan fingerprint density at radius 1 is 1.21 bits per heavy atom. The smallest absolute Gasteiger partial charge is 0.348 e. The zero-order valence-electron chi connectivity index (χ0n) is 11.4. The average molecular weight is 280 g/mol. The van der Waals surface area contributed by atoms with Gasteiger partial charge in [-0.05, 0) is 17.5 Å². The van der Waals surface area contributed by atoms with Crippen LogP contribution >= 0.6 is 11.3 Å². The summed E-state index contributed by atoms with van der Waals surface area (Å²) < 4.78 is 10.6. The van der Waals surface area contributed by atoms with Crippen LogP contribution in [0.2, 0.25) is 0 Å². The average Bonchev–Trinajstić information content (AvgIpc) is 2.74. The lowest BCUT2D eigenvalue weighted by Crippen LogP contribution is -2.52. The summed E-state index contributed by atoms with van der Waals surface area (Å²) in [5.41, 5.74) is -0.559. The van der Waals surface area contributed by atoms with Gasteiger partial charge in [0.25, 0.3) is 5.79 Å². The first-order valence-electron chi connectivity index (χ1n) is 5.95. The Morgan fingerprint density at radius 3 is 2.21 bits per heavy atom. The maximum atomic E-state index is 12.0. The fourth-order valence-corrected chi connectivity index (χ4v) is 2.16. The maximum Gasteiger partial charge on any atom is 0.348 e. The Kier molecular flexibility index (Phi) is 3.26. The number of hydrogen-bond acceptors (Lipinski definition) is 5. The Morgan fingerprint density at radius 2 is 1.79 bits per heavy atom. The number of cyclic esters (lactones) is 2. The molecule has 102 valence electrons. The van der Waals surface area contributed by atoms with E-state index < -0.39 is 23.1 Å². The Balaban J connectivity index is 2.31. The topological polar surface area (TPSA) is 52.6 Å². The molecule has 0 bridgehead atoms. The van der Waals surface area contributed by atoms with E-state index in [0.717, 1.165) is 4.88 Å². The van der Waals surface area contributed by atoms with Gasteiger partial charge in [0.2, 0.25) is 0 Å². The third-order valence-corrected chi connectivity index (χ3v) is 4.03. The summed E-state index contributed by atoms with van der Waals surface area (Å²) in [6, 6.07) is 3.66. The Hall–Kier alpha value is -1.62. The summed E-state index contributed by atoms with van der Waals surface area (Å²) >= 11 is 1.43. The van der Waals surface area contributed by atoms with Crippen molar-refractivity contribution in [2.24, 2.45) is 5.41 Å².